The van der Waals surface area contributed by atoms with Crippen molar-refractivity contribution in [2.24, 2.45) is 0 Å². The molecular weight excluding hydrogens is 528 g/mol. The lowest BCUT2D eigenvalue weighted by atomic mass is 9.87. The predicted molar refractivity (Wildman–Crippen MR) is 153 cm³/mol. The summed E-state index contributed by atoms with van der Waals surface area (Å²) >= 11 is 3.59. The van der Waals surface area contributed by atoms with Crippen LogP contribution in [0.1, 0.15) is 50.8 Å². The van der Waals surface area contributed by atoms with Crippen LogP contribution in [0.2, 0.25) is 0 Å². The van der Waals surface area contributed by atoms with Gasteiger partial charge in [-0.2, -0.15) is 0 Å². The first-order valence-corrected chi connectivity index (χ1v) is 13.6. The van der Waals surface area contributed by atoms with Gasteiger partial charge in [0.2, 0.25) is 5.91 Å². The molecule has 0 aromatic heterocycles. The Balaban J connectivity index is 1.87. The molecule has 0 radical (unpaired) electrons. The molecule has 0 heterocycles. The first kappa shape index (κ1) is 28.5. The molecule has 3 aromatic carbocycles. The van der Waals surface area contributed by atoms with E-state index < -0.39 is 6.04 Å². The minimum atomic E-state index is -0.669. The maximum atomic E-state index is 13.7. The van der Waals surface area contributed by atoms with Crippen LogP contribution in [-0.2, 0) is 28.0 Å². The van der Waals surface area contributed by atoms with Gasteiger partial charge in [-0.25, -0.2) is 0 Å². The molecule has 0 bridgehead atoms. The van der Waals surface area contributed by atoms with Gasteiger partial charge in [-0.3, -0.25) is 9.59 Å². The molecule has 1 N–H and O–H groups in total. The standard InChI is InChI=1S/C31H37BrN2O3/c1-5-18-33-30(36)27(19-23-12-8-6-9-13-23)34(21-24-14-10-7-11-15-24)29(35)22-37-28-17-16-25(20-26(28)32)31(2,3)4/h6-17,20,27H,5,18-19,21-22H2,1-4H3,(H,33,36). The molecule has 0 fully saturated rings. The molecule has 0 spiro atoms. The number of amides is 2. The Morgan fingerprint density at radius 3 is 2.14 bits per heavy atom. The van der Waals surface area contributed by atoms with Gasteiger partial charge in [0.25, 0.3) is 5.91 Å². The van der Waals surface area contributed by atoms with Crippen LogP contribution in [0.4, 0.5) is 0 Å². The summed E-state index contributed by atoms with van der Waals surface area (Å²) in [5.74, 6) is 0.185. The van der Waals surface area contributed by atoms with Gasteiger partial charge in [-0.15, -0.1) is 0 Å². The third-order valence-electron chi connectivity index (χ3n) is 6.17. The fraction of sp³-hybridized carbons (Fsp3) is 0.355. The number of halogens is 1. The van der Waals surface area contributed by atoms with Crippen molar-refractivity contribution in [1.82, 2.24) is 10.2 Å². The summed E-state index contributed by atoms with van der Waals surface area (Å²) in [5, 5.41) is 3.00. The predicted octanol–water partition coefficient (Wildman–Crippen LogP) is 6.29. The summed E-state index contributed by atoms with van der Waals surface area (Å²) in [4.78, 5) is 28.7. The first-order chi connectivity index (χ1) is 17.7. The molecule has 3 rings (SSSR count). The number of nitrogens with one attached hydrogen (secondary N) is 1. The van der Waals surface area contributed by atoms with E-state index in [0.29, 0.717) is 25.3 Å². The second-order valence-electron chi connectivity index (χ2n) is 10.2. The van der Waals surface area contributed by atoms with Gasteiger partial charge < -0.3 is 15.0 Å². The van der Waals surface area contributed by atoms with E-state index in [0.717, 1.165) is 22.0 Å². The number of nitrogens with zero attached hydrogens (tertiary/aromatic N) is 1. The summed E-state index contributed by atoms with van der Waals surface area (Å²) in [5.41, 5.74) is 3.11. The first-order valence-electron chi connectivity index (χ1n) is 12.8. The monoisotopic (exact) mass is 564 g/mol. The van der Waals surface area contributed by atoms with Crippen LogP contribution in [-0.4, -0.2) is 35.9 Å². The Labute approximate surface area is 229 Å². The summed E-state index contributed by atoms with van der Waals surface area (Å²) < 4.78 is 6.77. The van der Waals surface area contributed by atoms with E-state index in [4.69, 9.17) is 4.74 Å². The second kappa shape index (κ2) is 13.4. The fourth-order valence-electron chi connectivity index (χ4n) is 4.01. The molecule has 196 valence electrons. The molecule has 0 aliphatic carbocycles. The van der Waals surface area contributed by atoms with E-state index in [1.54, 1.807) is 4.90 Å². The van der Waals surface area contributed by atoms with E-state index >= 15 is 0 Å². The second-order valence-corrected chi connectivity index (χ2v) is 11.0. The van der Waals surface area contributed by atoms with Crippen molar-refractivity contribution in [2.75, 3.05) is 13.2 Å². The molecule has 0 aliphatic rings. The Hall–Kier alpha value is -3.12. The van der Waals surface area contributed by atoms with Crippen molar-refractivity contribution in [3.05, 3.63) is 100 Å². The van der Waals surface area contributed by atoms with Crippen molar-refractivity contribution >= 4 is 27.7 Å². The third-order valence-corrected chi connectivity index (χ3v) is 6.78. The highest BCUT2D eigenvalue weighted by atomic mass is 79.9. The number of carbonyl (C=O) groups is 2. The van der Waals surface area contributed by atoms with Gasteiger partial charge in [-0.05, 0) is 56.6 Å². The molecular formula is C31H37BrN2O3. The number of rotatable bonds is 11. The number of carbonyl (C=O) groups excluding carboxylic acids is 2. The smallest absolute Gasteiger partial charge is 0.261 e. The third kappa shape index (κ3) is 8.46. The molecule has 0 saturated heterocycles. The average Bonchev–Trinajstić information content (AvgIpc) is 2.89. The molecule has 0 saturated carbocycles. The zero-order chi connectivity index (χ0) is 26.8. The Morgan fingerprint density at radius 1 is 0.946 bits per heavy atom. The maximum Gasteiger partial charge on any atom is 0.261 e. The minimum absolute atomic E-state index is 0.000136. The molecule has 1 atom stereocenters. The van der Waals surface area contributed by atoms with E-state index in [9.17, 15) is 9.59 Å². The van der Waals surface area contributed by atoms with Gasteiger partial charge in [-0.1, -0.05) is 94.4 Å². The fourth-order valence-corrected chi connectivity index (χ4v) is 4.50. The maximum absolute atomic E-state index is 13.7. The van der Waals surface area contributed by atoms with Crippen LogP contribution in [0.5, 0.6) is 5.75 Å². The quantitative estimate of drug-likeness (QED) is 0.297. The van der Waals surface area contributed by atoms with Gasteiger partial charge in [0, 0.05) is 19.5 Å². The lowest BCUT2D eigenvalue weighted by Gasteiger charge is -2.31. The Kier molecular flexibility index (Phi) is 10.3. The van der Waals surface area contributed by atoms with Crippen LogP contribution >= 0.6 is 15.9 Å². The highest BCUT2D eigenvalue weighted by molar-refractivity contribution is 9.10. The van der Waals surface area contributed by atoms with Crippen molar-refractivity contribution in [1.29, 1.82) is 0 Å². The van der Waals surface area contributed by atoms with Crippen molar-refractivity contribution < 1.29 is 14.3 Å². The summed E-state index contributed by atoms with van der Waals surface area (Å²) in [6, 6.07) is 24.8. The van der Waals surface area contributed by atoms with E-state index in [2.05, 4.69) is 42.0 Å². The van der Waals surface area contributed by atoms with Crippen LogP contribution in [0.15, 0.2) is 83.3 Å². The van der Waals surface area contributed by atoms with Gasteiger partial charge in [0.15, 0.2) is 6.61 Å². The molecule has 3 aromatic rings. The molecule has 6 heteroatoms. The number of ether oxygens (including phenoxy) is 1. The summed E-state index contributed by atoms with van der Waals surface area (Å²) in [6.45, 7) is 9.15. The van der Waals surface area contributed by atoms with Crippen LogP contribution < -0.4 is 10.1 Å². The minimum Gasteiger partial charge on any atom is -0.483 e. The Bertz CT molecular complexity index is 1160. The zero-order valence-corrected chi connectivity index (χ0v) is 23.8. The average molecular weight is 566 g/mol. The van der Waals surface area contributed by atoms with Crippen LogP contribution in [0.3, 0.4) is 0 Å². The SMILES string of the molecule is CCCNC(=O)C(Cc1ccccc1)N(Cc1ccccc1)C(=O)COc1ccc(C(C)(C)C)cc1Br. The lowest BCUT2D eigenvalue weighted by Crippen LogP contribution is -2.51. The largest absolute Gasteiger partial charge is 0.483 e. The van der Waals surface area contributed by atoms with Gasteiger partial charge in [0.05, 0.1) is 4.47 Å². The van der Waals surface area contributed by atoms with Gasteiger partial charge >= 0.3 is 0 Å². The highest BCUT2D eigenvalue weighted by Crippen LogP contribution is 2.31. The van der Waals surface area contributed by atoms with Crippen molar-refractivity contribution in [3.8, 4) is 5.75 Å². The van der Waals surface area contributed by atoms with Crippen molar-refractivity contribution in [3.63, 3.8) is 0 Å². The summed E-state index contributed by atoms with van der Waals surface area (Å²) in [6.07, 6.45) is 1.23. The number of benzene rings is 3. The molecule has 2 amide bonds. The van der Waals surface area contributed by atoms with Crippen molar-refractivity contribution in [2.45, 2.75) is 58.5 Å². The van der Waals surface area contributed by atoms with E-state index in [1.165, 1.54) is 5.56 Å². The number of hydrogen-bond donors (Lipinski definition) is 1. The molecule has 5 nitrogen and oxygen atoms in total. The molecule has 37 heavy (non-hydrogen) atoms. The Morgan fingerprint density at radius 2 is 1.57 bits per heavy atom. The molecule has 1 unspecified atom stereocenters. The van der Waals surface area contributed by atoms with E-state index in [-0.39, 0.29) is 23.8 Å². The molecule has 0 aliphatic heterocycles. The topological polar surface area (TPSA) is 58.6 Å². The van der Waals surface area contributed by atoms with Crippen LogP contribution in [0, 0.1) is 0 Å². The highest BCUT2D eigenvalue weighted by Gasteiger charge is 2.30. The van der Waals surface area contributed by atoms with E-state index in [1.807, 2.05) is 85.8 Å². The summed E-state index contributed by atoms with van der Waals surface area (Å²) in [7, 11) is 0. The number of hydrogen-bond acceptors (Lipinski definition) is 3. The van der Waals surface area contributed by atoms with Crippen LogP contribution in [0.25, 0.3) is 0 Å². The normalized spacial score (nSPS) is 12.0. The van der Waals surface area contributed by atoms with Gasteiger partial charge in [0.1, 0.15) is 11.8 Å². The zero-order valence-electron chi connectivity index (χ0n) is 22.2. The lowest BCUT2D eigenvalue weighted by molar-refractivity contribution is -0.142.